The molecule has 0 unspecified atom stereocenters. The molecule has 1 aliphatic rings. The number of halogens is 1. The van der Waals surface area contributed by atoms with Gasteiger partial charge in [-0.3, -0.25) is 4.79 Å². The Kier molecular flexibility index (Phi) is 5.45. The third-order valence-corrected chi connectivity index (χ3v) is 5.67. The van der Waals surface area contributed by atoms with Gasteiger partial charge in [0.1, 0.15) is 5.82 Å². The zero-order chi connectivity index (χ0) is 17.9. The lowest BCUT2D eigenvalue weighted by atomic mass is 9.73. The Morgan fingerprint density at radius 2 is 1.80 bits per heavy atom. The smallest absolute Gasteiger partial charge is 0.230 e. The van der Waals surface area contributed by atoms with E-state index < -0.39 is 5.41 Å². The van der Waals surface area contributed by atoms with Crippen LogP contribution in [0.4, 0.5) is 4.39 Å². The number of carbonyl (C=O) groups is 1. The molecule has 2 aromatic rings. The molecule has 0 radical (unpaired) electrons. The summed E-state index contributed by atoms with van der Waals surface area (Å²) in [6.45, 7) is 3.04. The standard InChI is InChI=1S/C20H22FNO2S/c1-14-3-5-17(6-4-14)25-18-12-15(11-16(21)13-18)20(19(23)22-2)7-9-24-10-8-20/h3-6,11-13H,7-10H2,1-2H3,(H,22,23). The average molecular weight is 359 g/mol. The van der Waals surface area contributed by atoms with Gasteiger partial charge >= 0.3 is 0 Å². The van der Waals surface area contributed by atoms with Gasteiger partial charge in [0.25, 0.3) is 0 Å². The molecule has 1 saturated heterocycles. The number of likely N-dealkylation sites (N-methyl/N-ethyl adjacent to an activating group) is 1. The Bertz CT molecular complexity index is 755. The maximum Gasteiger partial charge on any atom is 0.230 e. The second kappa shape index (κ2) is 7.58. The van der Waals surface area contributed by atoms with E-state index in [1.165, 1.54) is 29.5 Å². The maximum atomic E-state index is 14.3. The van der Waals surface area contributed by atoms with E-state index in [4.69, 9.17) is 4.74 Å². The van der Waals surface area contributed by atoms with Gasteiger partial charge in [-0.2, -0.15) is 0 Å². The molecule has 132 valence electrons. The predicted octanol–water partition coefficient (Wildman–Crippen LogP) is 4.08. The van der Waals surface area contributed by atoms with Gasteiger partial charge in [-0.25, -0.2) is 4.39 Å². The quantitative estimate of drug-likeness (QED) is 0.894. The van der Waals surface area contributed by atoms with Crippen molar-refractivity contribution >= 4 is 17.7 Å². The predicted molar refractivity (Wildman–Crippen MR) is 97.5 cm³/mol. The van der Waals surface area contributed by atoms with Crippen molar-refractivity contribution in [2.24, 2.45) is 0 Å². The highest BCUT2D eigenvalue weighted by atomic mass is 32.2. The summed E-state index contributed by atoms with van der Waals surface area (Å²) in [4.78, 5) is 14.5. The molecule has 0 bridgehead atoms. The second-order valence-electron chi connectivity index (χ2n) is 6.36. The monoisotopic (exact) mass is 359 g/mol. The summed E-state index contributed by atoms with van der Waals surface area (Å²) in [5.41, 5.74) is 1.19. The van der Waals surface area contributed by atoms with E-state index in [1.807, 2.05) is 37.3 Å². The molecule has 25 heavy (non-hydrogen) atoms. The van der Waals surface area contributed by atoms with E-state index >= 15 is 0 Å². The zero-order valence-electron chi connectivity index (χ0n) is 14.5. The minimum atomic E-state index is -0.725. The summed E-state index contributed by atoms with van der Waals surface area (Å²) >= 11 is 1.50. The number of amides is 1. The van der Waals surface area contributed by atoms with Crippen LogP contribution in [-0.2, 0) is 14.9 Å². The zero-order valence-corrected chi connectivity index (χ0v) is 15.3. The number of aryl methyl sites for hydroxylation is 1. The molecule has 1 aliphatic heterocycles. The van der Waals surface area contributed by atoms with Crippen LogP contribution in [0.5, 0.6) is 0 Å². The highest BCUT2D eigenvalue weighted by Crippen LogP contribution is 2.38. The van der Waals surface area contributed by atoms with Crippen molar-refractivity contribution in [2.45, 2.75) is 35.0 Å². The number of hydrogen-bond acceptors (Lipinski definition) is 3. The van der Waals surface area contributed by atoms with E-state index in [2.05, 4.69) is 5.32 Å². The Morgan fingerprint density at radius 3 is 2.44 bits per heavy atom. The van der Waals surface area contributed by atoms with Crippen molar-refractivity contribution in [1.82, 2.24) is 5.32 Å². The third kappa shape index (κ3) is 3.88. The Morgan fingerprint density at radius 1 is 1.12 bits per heavy atom. The van der Waals surface area contributed by atoms with Crippen LogP contribution in [0.25, 0.3) is 0 Å². The second-order valence-corrected chi connectivity index (χ2v) is 7.51. The number of nitrogens with one attached hydrogen (secondary N) is 1. The minimum Gasteiger partial charge on any atom is -0.381 e. The minimum absolute atomic E-state index is 0.0762. The lowest BCUT2D eigenvalue weighted by molar-refractivity contribution is -0.130. The molecule has 0 saturated carbocycles. The van der Waals surface area contributed by atoms with E-state index in [0.717, 1.165) is 15.4 Å². The normalized spacial score (nSPS) is 16.4. The van der Waals surface area contributed by atoms with E-state index in [-0.39, 0.29) is 11.7 Å². The molecule has 2 aromatic carbocycles. The first-order valence-electron chi connectivity index (χ1n) is 8.39. The Labute approximate surface area is 152 Å². The summed E-state index contributed by atoms with van der Waals surface area (Å²) in [7, 11) is 1.63. The van der Waals surface area contributed by atoms with Gasteiger partial charge in [-0.05, 0) is 55.7 Å². The highest BCUT2D eigenvalue weighted by Gasteiger charge is 2.41. The lowest BCUT2D eigenvalue weighted by Crippen LogP contribution is -2.47. The van der Waals surface area contributed by atoms with Crippen LogP contribution in [0.3, 0.4) is 0 Å². The molecule has 3 rings (SSSR count). The van der Waals surface area contributed by atoms with Crippen molar-refractivity contribution in [3.05, 3.63) is 59.4 Å². The van der Waals surface area contributed by atoms with Gasteiger partial charge in [-0.15, -0.1) is 0 Å². The SMILES string of the molecule is CNC(=O)C1(c2cc(F)cc(Sc3ccc(C)cc3)c2)CCOCC1. The fourth-order valence-electron chi connectivity index (χ4n) is 3.25. The largest absolute Gasteiger partial charge is 0.381 e. The van der Waals surface area contributed by atoms with E-state index in [0.29, 0.717) is 26.1 Å². The molecule has 0 aliphatic carbocycles. The van der Waals surface area contributed by atoms with Crippen LogP contribution in [-0.4, -0.2) is 26.2 Å². The molecule has 5 heteroatoms. The molecule has 1 fully saturated rings. The molecule has 1 amide bonds. The van der Waals surface area contributed by atoms with E-state index in [9.17, 15) is 9.18 Å². The Hall–Kier alpha value is -1.85. The molecular formula is C20H22FNO2S. The van der Waals surface area contributed by atoms with Crippen molar-refractivity contribution in [1.29, 1.82) is 0 Å². The van der Waals surface area contributed by atoms with Crippen molar-refractivity contribution in [3.8, 4) is 0 Å². The summed E-state index contributed by atoms with van der Waals surface area (Å²) in [5, 5.41) is 2.75. The molecule has 1 N–H and O–H groups in total. The molecular weight excluding hydrogens is 337 g/mol. The highest BCUT2D eigenvalue weighted by molar-refractivity contribution is 7.99. The van der Waals surface area contributed by atoms with Gasteiger partial charge < -0.3 is 10.1 Å². The first kappa shape index (κ1) is 18.0. The van der Waals surface area contributed by atoms with Gasteiger partial charge in [0, 0.05) is 30.1 Å². The average Bonchev–Trinajstić information content (AvgIpc) is 2.63. The first-order chi connectivity index (χ1) is 12.0. The molecule has 0 spiro atoms. The van der Waals surface area contributed by atoms with Crippen LogP contribution in [0, 0.1) is 12.7 Å². The number of carbonyl (C=O) groups excluding carboxylic acids is 1. The number of hydrogen-bond donors (Lipinski definition) is 1. The summed E-state index contributed by atoms with van der Waals surface area (Å²) in [5.74, 6) is -0.394. The van der Waals surface area contributed by atoms with E-state index in [1.54, 1.807) is 7.05 Å². The van der Waals surface area contributed by atoms with Gasteiger partial charge in [-0.1, -0.05) is 29.5 Å². The van der Waals surface area contributed by atoms with Crippen molar-refractivity contribution in [3.63, 3.8) is 0 Å². The Balaban J connectivity index is 1.97. The summed E-state index contributed by atoms with van der Waals surface area (Å²) in [6, 6.07) is 13.1. The molecule has 3 nitrogen and oxygen atoms in total. The van der Waals surface area contributed by atoms with Gasteiger partial charge in [0.2, 0.25) is 5.91 Å². The fourth-order valence-corrected chi connectivity index (χ4v) is 4.15. The fraction of sp³-hybridized carbons (Fsp3) is 0.350. The molecule has 0 aromatic heterocycles. The first-order valence-corrected chi connectivity index (χ1v) is 9.21. The lowest BCUT2D eigenvalue weighted by Gasteiger charge is -2.36. The van der Waals surface area contributed by atoms with Crippen molar-refractivity contribution < 1.29 is 13.9 Å². The van der Waals surface area contributed by atoms with Gasteiger partial charge in [0.15, 0.2) is 0 Å². The van der Waals surface area contributed by atoms with Crippen molar-refractivity contribution in [2.75, 3.05) is 20.3 Å². The molecule has 0 atom stereocenters. The van der Waals surface area contributed by atoms with Gasteiger partial charge in [0.05, 0.1) is 5.41 Å². The van der Waals surface area contributed by atoms with Crippen LogP contribution < -0.4 is 5.32 Å². The topological polar surface area (TPSA) is 38.3 Å². The third-order valence-electron chi connectivity index (χ3n) is 4.69. The van der Waals surface area contributed by atoms with Crippen LogP contribution in [0.2, 0.25) is 0 Å². The van der Waals surface area contributed by atoms with Crippen LogP contribution in [0.1, 0.15) is 24.0 Å². The number of benzene rings is 2. The number of ether oxygens (including phenoxy) is 1. The maximum absolute atomic E-state index is 14.3. The summed E-state index contributed by atoms with van der Waals surface area (Å²) < 4.78 is 19.7. The summed E-state index contributed by atoms with van der Waals surface area (Å²) in [6.07, 6.45) is 1.12. The van der Waals surface area contributed by atoms with Crippen LogP contribution >= 0.6 is 11.8 Å². The number of rotatable bonds is 4. The van der Waals surface area contributed by atoms with Crippen LogP contribution in [0.15, 0.2) is 52.3 Å². The molecule has 1 heterocycles.